The molecule has 12 nitrogen and oxygen atoms in total. The lowest BCUT2D eigenvalue weighted by atomic mass is 9.91. The van der Waals surface area contributed by atoms with Gasteiger partial charge in [-0.25, -0.2) is 18.7 Å². The molecule has 0 spiro atoms. The number of halogens is 2. The lowest BCUT2D eigenvalue weighted by Crippen LogP contribution is -2.09. The number of hydrogen-bond acceptors (Lipinski definition) is 8. The van der Waals surface area contributed by atoms with E-state index >= 15 is 0 Å². The summed E-state index contributed by atoms with van der Waals surface area (Å²) in [5.74, 6) is 1.01. The van der Waals surface area contributed by atoms with Gasteiger partial charge in [0.15, 0.2) is 11.6 Å². The number of rotatable bonds is 19. The molecule has 0 bridgehead atoms. The molecule has 4 aromatic heterocycles. The first-order chi connectivity index (χ1) is 30.6. The minimum absolute atomic E-state index is 0.0248. The molecule has 2 atom stereocenters. The highest BCUT2D eigenvalue weighted by Gasteiger charge is 2.35. The minimum atomic E-state index is -0.778. The molecule has 14 heteroatoms. The van der Waals surface area contributed by atoms with E-state index in [-0.39, 0.29) is 24.7 Å². The first-order valence-electron chi connectivity index (χ1n) is 21.2. The Labute approximate surface area is 364 Å². The molecule has 0 unspecified atom stereocenters. The van der Waals surface area contributed by atoms with E-state index in [4.69, 9.17) is 18.9 Å². The minimum Gasteiger partial charge on any atom is -0.489 e. The summed E-state index contributed by atoms with van der Waals surface area (Å²) < 4.78 is 54.5. The van der Waals surface area contributed by atoms with Crippen LogP contribution in [0.15, 0.2) is 104 Å². The molecule has 2 N–H and O–H groups in total. The number of methoxy groups -OCH3 is 2. The summed E-state index contributed by atoms with van der Waals surface area (Å²) in [6.45, 7) is 0.673. The molecule has 3 fully saturated rings. The van der Waals surface area contributed by atoms with Gasteiger partial charge in [-0.2, -0.15) is 0 Å². The summed E-state index contributed by atoms with van der Waals surface area (Å²) in [6.07, 6.45) is 14.4. The fraction of sp³-hybridized carbons (Fsp3) is 0.347. The maximum Gasteiger partial charge on any atom is 0.303 e. The molecule has 0 amide bonds. The van der Waals surface area contributed by atoms with Crippen molar-refractivity contribution in [3.63, 3.8) is 0 Å². The molecule has 0 aliphatic heterocycles. The Hall–Kier alpha value is -6.70. The Bertz CT molecular complexity index is 2560. The Kier molecular flexibility index (Phi) is 13.1. The van der Waals surface area contributed by atoms with Crippen LogP contribution in [0.3, 0.4) is 0 Å². The van der Waals surface area contributed by atoms with Gasteiger partial charge in [0.25, 0.3) is 0 Å². The largest absolute Gasteiger partial charge is 0.489 e. The van der Waals surface area contributed by atoms with Crippen molar-refractivity contribution in [2.24, 2.45) is 11.8 Å². The van der Waals surface area contributed by atoms with Crippen molar-refractivity contribution in [3.05, 3.63) is 143 Å². The van der Waals surface area contributed by atoms with Crippen LogP contribution in [0.1, 0.15) is 97.1 Å². The second-order valence-corrected chi connectivity index (χ2v) is 16.5. The number of pyridine rings is 2. The predicted molar refractivity (Wildman–Crippen MR) is 229 cm³/mol. The molecule has 2 aromatic carbocycles. The summed E-state index contributed by atoms with van der Waals surface area (Å²) in [4.78, 5) is 30.3. The van der Waals surface area contributed by atoms with Crippen LogP contribution in [0, 0.1) is 23.5 Å². The zero-order chi connectivity index (χ0) is 44.0. The van der Waals surface area contributed by atoms with E-state index < -0.39 is 23.6 Å². The molecular formula is C49H50F2N4O8. The van der Waals surface area contributed by atoms with Crippen LogP contribution in [0.2, 0.25) is 0 Å². The summed E-state index contributed by atoms with van der Waals surface area (Å²) in [5, 5.41) is 18.5. The molecule has 0 saturated heterocycles. The van der Waals surface area contributed by atoms with E-state index in [1.165, 1.54) is 26.5 Å². The second-order valence-electron chi connectivity index (χ2n) is 16.5. The Morgan fingerprint density at radius 2 is 1.24 bits per heavy atom. The molecule has 9 rings (SSSR count). The molecule has 3 aliphatic rings. The van der Waals surface area contributed by atoms with E-state index in [9.17, 15) is 28.6 Å². The van der Waals surface area contributed by atoms with E-state index in [2.05, 4.69) is 9.97 Å². The SMILES string of the molecule is COc1cc(-n2ccc(COc3cccc([C@@H](CC(=O)O)C4CC4)c3)c2)c(F)cn1.COc1cc(-n2ccc(COc3cccc([C@@H](CC(=O)O)C4CC4)c3)c2C2CC2)c(F)cn1. The highest BCUT2D eigenvalue weighted by Crippen LogP contribution is 2.47. The number of nitrogens with zero attached hydrogens (tertiary/aromatic N) is 4. The fourth-order valence-electron chi connectivity index (χ4n) is 8.22. The zero-order valence-electron chi connectivity index (χ0n) is 35.2. The number of aliphatic carboxylic acids is 2. The van der Waals surface area contributed by atoms with E-state index in [0.717, 1.165) is 78.4 Å². The normalized spacial score (nSPS) is 15.4. The van der Waals surface area contributed by atoms with E-state index in [1.807, 2.05) is 71.4 Å². The molecular weight excluding hydrogens is 811 g/mol. The molecule has 0 radical (unpaired) electrons. The number of benzene rings is 2. The molecule has 4 heterocycles. The van der Waals surface area contributed by atoms with Crippen LogP contribution in [-0.4, -0.2) is 55.5 Å². The summed E-state index contributed by atoms with van der Waals surface area (Å²) in [5.41, 5.74) is 5.72. The Morgan fingerprint density at radius 3 is 1.76 bits per heavy atom. The third-order valence-electron chi connectivity index (χ3n) is 11.9. The standard InChI is InChI=1S/C26H27FN2O4.C23H23FN2O4/c1-32-24-13-23(22(27)14-28-24)29-10-9-19(26(29)17-7-8-17)15-33-20-4-2-3-18(11-20)21(12-25(30)31)16-5-6-16;1-29-22-11-21(20(24)12-25-22)26-8-7-15(13-26)14-30-18-4-2-3-17(9-18)19(10-23(27)28)16-5-6-16/h2-4,9-11,13-14,16-17,21H,5-8,12,15H2,1H3,(H,30,31);2-4,7-9,11-13,16,19H,5-6,10,14H2,1H3,(H,27,28)/t21-;19-/m00/s1. The van der Waals surface area contributed by atoms with Gasteiger partial charge in [-0.3, -0.25) is 9.59 Å². The number of carboxylic acid groups (broad SMARTS) is 2. The molecule has 6 aromatic rings. The van der Waals surface area contributed by atoms with Crippen molar-refractivity contribution >= 4 is 11.9 Å². The monoisotopic (exact) mass is 860 g/mol. The van der Waals surface area contributed by atoms with Gasteiger partial charge in [0.05, 0.1) is 50.8 Å². The quantitative estimate of drug-likeness (QED) is 0.0807. The van der Waals surface area contributed by atoms with Crippen molar-refractivity contribution < 1.29 is 47.5 Å². The lowest BCUT2D eigenvalue weighted by Gasteiger charge is -2.16. The van der Waals surface area contributed by atoms with Gasteiger partial charge in [-0.1, -0.05) is 24.3 Å². The molecule has 328 valence electrons. The number of hydrogen-bond donors (Lipinski definition) is 2. The van der Waals surface area contributed by atoms with Crippen LogP contribution in [-0.2, 0) is 22.8 Å². The first kappa shape index (κ1) is 43.0. The third kappa shape index (κ3) is 10.9. The van der Waals surface area contributed by atoms with Crippen molar-refractivity contribution in [3.8, 4) is 34.6 Å². The van der Waals surface area contributed by atoms with E-state index in [1.54, 1.807) is 23.0 Å². The third-order valence-corrected chi connectivity index (χ3v) is 11.9. The number of carboxylic acids is 2. The summed E-state index contributed by atoms with van der Waals surface area (Å²) in [7, 11) is 3.00. The average molecular weight is 861 g/mol. The zero-order valence-corrected chi connectivity index (χ0v) is 35.2. The summed E-state index contributed by atoms with van der Waals surface area (Å²) >= 11 is 0. The van der Waals surface area contributed by atoms with Gasteiger partial charge in [0, 0.05) is 53.5 Å². The van der Waals surface area contributed by atoms with Crippen molar-refractivity contribution in [1.29, 1.82) is 0 Å². The first-order valence-corrected chi connectivity index (χ1v) is 21.2. The van der Waals surface area contributed by atoms with Gasteiger partial charge in [-0.05, 0) is 110 Å². The maximum atomic E-state index is 14.6. The number of carbonyl (C=O) groups is 2. The molecule has 63 heavy (non-hydrogen) atoms. The van der Waals surface area contributed by atoms with Crippen molar-refractivity contribution in [1.82, 2.24) is 19.1 Å². The van der Waals surface area contributed by atoms with Gasteiger partial charge < -0.3 is 38.3 Å². The fourth-order valence-corrected chi connectivity index (χ4v) is 8.22. The lowest BCUT2D eigenvalue weighted by molar-refractivity contribution is -0.138. The number of aromatic nitrogens is 4. The van der Waals surface area contributed by atoms with Crippen LogP contribution in [0.4, 0.5) is 8.78 Å². The van der Waals surface area contributed by atoms with E-state index in [0.29, 0.717) is 59.9 Å². The predicted octanol–water partition coefficient (Wildman–Crippen LogP) is 10.0. The van der Waals surface area contributed by atoms with Gasteiger partial charge in [-0.15, -0.1) is 0 Å². The molecule has 3 saturated carbocycles. The Morgan fingerprint density at radius 1 is 0.698 bits per heavy atom. The average Bonchev–Trinajstić information content (AvgIpc) is 4.21. The maximum absolute atomic E-state index is 14.6. The highest BCUT2D eigenvalue weighted by molar-refractivity contribution is 5.68. The van der Waals surface area contributed by atoms with Crippen molar-refractivity contribution in [2.45, 2.75) is 82.3 Å². The van der Waals surface area contributed by atoms with Gasteiger partial charge in [0.2, 0.25) is 11.8 Å². The van der Waals surface area contributed by atoms with Crippen LogP contribution in [0.5, 0.6) is 23.3 Å². The smallest absolute Gasteiger partial charge is 0.303 e. The number of ether oxygens (including phenoxy) is 4. The highest BCUT2D eigenvalue weighted by atomic mass is 19.1. The van der Waals surface area contributed by atoms with Gasteiger partial charge in [0.1, 0.15) is 24.7 Å². The second kappa shape index (κ2) is 19.1. The Balaban J connectivity index is 0.000000174. The summed E-state index contributed by atoms with van der Waals surface area (Å²) in [6, 6.07) is 22.4. The van der Waals surface area contributed by atoms with Gasteiger partial charge >= 0.3 is 11.9 Å². The topological polar surface area (TPSA) is 147 Å². The molecule has 3 aliphatic carbocycles. The van der Waals surface area contributed by atoms with Crippen LogP contribution >= 0.6 is 0 Å². The van der Waals surface area contributed by atoms with Crippen LogP contribution in [0.25, 0.3) is 11.4 Å². The van der Waals surface area contributed by atoms with Crippen molar-refractivity contribution in [2.75, 3.05) is 14.2 Å². The van der Waals surface area contributed by atoms with Crippen LogP contribution < -0.4 is 18.9 Å².